The van der Waals surface area contributed by atoms with Gasteiger partial charge in [-0.05, 0) is 26.8 Å². The van der Waals surface area contributed by atoms with Crippen molar-refractivity contribution >= 4 is 11.8 Å². The quantitative estimate of drug-likeness (QED) is 0.671. The van der Waals surface area contributed by atoms with Gasteiger partial charge in [0.25, 0.3) is 0 Å². The predicted octanol–water partition coefficient (Wildman–Crippen LogP) is -0.0457. The number of carbonyl (C=O) groups is 2. The SMILES string of the molecule is CCN(C)C(=O)C(C)NC(=O)C(C)CCN. The normalized spacial score (nSPS) is 14.1. The van der Waals surface area contributed by atoms with Crippen molar-refractivity contribution in [1.29, 1.82) is 0 Å². The summed E-state index contributed by atoms with van der Waals surface area (Å²) in [5.41, 5.74) is 5.37. The number of hydrogen-bond acceptors (Lipinski definition) is 3. The van der Waals surface area contributed by atoms with Crippen LogP contribution in [0.15, 0.2) is 0 Å². The summed E-state index contributed by atoms with van der Waals surface area (Å²) in [6.45, 7) is 6.51. The van der Waals surface area contributed by atoms with E-state index in [1.54, 1.807) is 18.9 Å². The van der Waals surface area contributed by atoms with Crippen molar-refractivity contribution in [3.05, 3.63) is 0 Å². The molecule has 0 rings (SSSR count). The number of nitrogens with zero attached hydrogens (tertiary/aromatic N) is 1. The van der Waals surface area contributed by atoms with E-state index in [1.807, 2.05) is 13.8 Å². The summed E-state index contributed by atoms with van der Waals surface area (Å²) in [4.78, 5) is 24.9. The third-order valence-electron chi connectivity index (χ3n) is 2.63. The summed E-state index contributed by atoms with van der Waals surface area (Å²) in [7, 11) is 1.72. The summed E-state index contributed by atoms with van der Waals surface area (Å²) in [5, 5.41) is 2.69. The molecule has 94 valence electrons. The molecule has 0 heterocycles. The molecular weight excluding hydrogens is 206 g/mol. The Labute approximate surface area is 97.4 Å². The van der Waals surface area contributed by atoms with Gasteiger partial charge in [0, 0.05) is 19.5 Å². The second-order valence-corrected chi connectivity index (χ2v) is 4.06. The van der Waals surface area contributed by atoms with E-state index in [0.717, 1.165) is 0 Å². The first-order valence-electron chi connectivity index (χ1n) is 5.69. The number of nitrogens with one attached hydrogen (secondary N) is 1. The van der Waals surface area contributed by atoms with E-state index in [-0.39, 0.29) is 17.7 Å². The van der Waals surface area contributed by atoms with Gasteiger partial charge >= 0.3 is 0 Å². The first-order chi connectivity index (χ1) is 7.43. The minimum atomic E-state index is -0.474. The van der Waals surface area contributed by atoms with Crippen LogP contribution in [0.3, 0.4) is 0 Å². The van der Waals surface area contributed by atoms with Crippen LogP contribution in [0.1, 0.15) is 27.2 Å². The zero-order valence-electron chi connectivity index (χ0n) is 10.6. The number of likely N-dealkylation sites (N-methyl/N-ethyl adjacent to an activating group) is 1. The second-order valence-electron chi connectivity index (χ2n) is 4.06. The van der Waals surface area contributed by atoms with Crippen molar-refractivity contribution < 1.29 is 9.59 Å². The van der Waals surface area contributed by atoms with Crippen LogP contribution in [0.2, 0.25) is 0 Å². The maximum atomic E-state index is 11.7. The molecule has 0 radical (unpaired) electrons. The van der Waals surface area contributed by atoms with Crippen LogP contribution >= 0.6 is 0 Å². The highest BCUT2D eigenvalue weighted by molar-refractivity contribution is 5.87. The molecule has 5 nitrogen and oxygen atoms in total. The highest BCUT2D eigenvalue weighted by Gasteiger charge is 2.20. The number of hydrogen-bond donors (Lipinski definition) is 2. The zero-order valence-corrected chi connectivity index (χ0v) is 10.6. The fourth-order valence-corrected chi connectivity index (χ4v) is 1.28. The lowest BCUT2D eigenvalue weighted by atomic mass is 10.1. The van der Waals surface area contributed by atoms with E-state index in [9.17, 15) is 9.59 Å². The monoisotopic (exact) mass is 229 g/mol. The standard InChI is InChI=1S/C11H23N3O2/c1-5-14(4)11(16)9(3)13-10(15)8(2)6-7-12/h8-9H,5-7,12H2,1-4H3,(H,13,15). The van der Waals surface area contributed by atoms with Crippen LogP contribution in [0.5, 0.6) is 0 Å². The maximum Gasteiger partial charge on any atom is 0.244 e. The minimum absolute atomic E-state index is 0.0733. The lowest BCUT2D eigenvalue weighted by molar-refractivity contribution is -0.135. The molecule has 0 aliphatic rings. The summed E-state index contributed by atoms with van der Waals surface area (Å²) in [6.07, 6.45) is 0.635. The summed E-state index contributed by atoms with van der Waals surface area (Å²) < 4.78 is 0. The molecule has 16 heavy (non-hydrogen) atoms. The minimum Gasteiger partial charge on any atom is -0.344 e. The number of amides is 2. The Morgan fingerprint density at radius 1 is 1.38 bits per heavy atom. The molecule has 2 amide bonds. The van der Waals surface area contributed by atoms with Gasteiger partial charge in [-0.2, -0.15) is 0 Å². The Morgan fingerprint density at radius 3 is 2.38 bits per heavy atom. The van der Waals surface area contributed by atoms with Crippen LogP contribution in [-0.2, 0) is 9.59 Å². The highest BCUT2D eigenvalue weighted by atomic mass is 16.2. The lowest BCUT2D eigenvalue weighted by Gasteiger charge is -2.21. The van der Waals surface area contributed by atoms with E-state index in [2.05, 4.69) is 5.32 Å². The molecule has 0 fully saturated rings. The van der Waals surface area contributed by atoms with Gasteiger partial charge in [-0.3, -0.25) is 9.59 Å². The van der Waals surface area contributed by atoms with Crippen molar-refractivity contribution in [2.75, 3.05) is 20.1 Å². The average molecular weight is 229 g/mol. The third-order valence-corrected chi connectivity index (χ3v) is 2.63. The van der Waals surface area contributed by atoms with Crippen LogP contribution in [0.25, 0.3) is 0 Å². The van der Waals surface area contributed by atoms with Gasteiger partial charge in [-0.25, -0.2) is 0 Å². The second kappa shape index (κ2) is 7.22. The number of rotatable bonds is 6. The molecule has 0 saturated heterocycles. The molecule has 2 unspecified atom stereocenters. The molecule has 0 aliphatic heterocycles. The van der Waals surface area contributed by atoms with Crippen LogP contribution < -0.4 is 11.1 Å². The van der Waals surface area contributed by atoms with Crippen molar-refractivity contribution in [3.8, 4) is 0 Å². The highest BCUT2D eigenvalue weighted by Crippen LogP contribution is 2.01. The molecule has 0 spiro atoms. The first-order valence-corrected chi connectivity index (χ1v) is 5.69. The number of nitrogens with two attached hydrogens (primary N) is 1. The Bertz CT molecular complexity index is 243. The molecule has 0 aromatic heterocycles. The van der Waals surface area contributed by atoms with Crippen molar-refractivity contribution in [1.82, 2.24) is 10.2 Å². The van der Waals surface area contributed by atoms with Crippen LogP contribution in [0.4, 0.5) is 0 Å². The van der Waals surface area contributed by atoms with E-state index < -0.39 is 6.04 Å². The third kappa shape index (κ3) is 4.61. The molecule has 0 bridgehead atoms. The van der Waals surface area contributed by atoms with Crippen molar-refractivity contribution in [2.45, 2.75) is 33.2 Å². The van der Waals surface area contributed by atoms with E-state index >= 15 is 0 Å². The molecule has 0 saturated carbocycles. The summed E-state index contributed by atoms with van der Waals surface area (Å²) >= 11 is 0. The Morgan fingerprint density at radius 2 is 1.94 bits per heavy atom. The zero-order chi connectivity index (χ0) is 12.7. The first kappa shape index (κ1) is 14.9. The topological polar surface area (TPSA) is 75.4 Å². The molecule has 0 aliphatic carbocycles. The van der Waals surface area contributed by atoms with Gasteiger partial charge in [-0.1, -0.05) is 6.92 Å². The Kier molecular flexibility index (Phi) is 6.72. The van der Waals surface area contributed by atoms with Gasteiger partial charge in [0.2, 0.25) is 11.8 Å². The van der Waals surface area contributed by atoms with Gasteiger partial charge in [0.1, 0.15) is 6.04 Å². The molecule has 0 aromatic rings. The van der Waals surface area contributed by atoms with Crippen molar-refractivity contribution in [3.63, 3.8) is 0 Å². The van der Waals surface area contributed by atoms with E-state index in [4.69, 9.17) is 5.73 Å². The van der Waals surface area contributed by atoms with Crippen molar-refractivity contribution in [2.24, 2.45) is 11.7 Å². The molecular formula is C11H23N3O2. The lowest BCUT2D eigenvalue weighted by Crippen LogP contribution is -2.47. The molecule has 3 N–H and O–H groups in total. The van der Waals surface area contributed by atoms with Crippen LogP contribution in [-0.4, -0.2) is 42.9 Å². The fraction of sp³-hybridized carbons (Fsp3) is 0.818. The maximum absolute atomic E-state index is 11.7. The average Bonchev–Trinajstić information content (AvgIpc) is 2.26. The van der Waals surface area contributed by atoms with E-state index in [1.165, 1.54) is 0 Å². The molecule has 0 aromatic carbocycles. The molecule has 5 heteroatoms. The van der Waals surface area contributed by atoms with Gasteiger partial charge in [-0.15, -0.1) is 0 Å². The van der Waals surface area contributed by atoms with Gasteiger partial charge in [0.05, 0.1) is 0 Å². The predicted molar refractivity (Wildman–Crippen MR) is 63.8 cm³/mol. The largest absolute Gasteiger partial charge is 0.344 e. The van der Waals surface area contributed by atoms with Gasteiger partial charge in [0.15, 0.2) is 0 Å². The van der Waals surface area contributed by atoms with Gasteiger partial charge < -0.3 is 16.0 Å². The number of carbonyl (C=O) groups excluding carboxylic acids is 2. The fourth-order valence-electron chi connectivity index (χ4n) is 1.28. The van der Waals surface area contributed by atoms with Crippen LogP contribution in [0, 0.1) is 5.92 Å². The summed E-state index contributed by atoms with van der Waals surface area (Å²) in [6, 6.07) is -0.474. The Hall–Kier alpha value is -1.10. The smallest absolute Gasteiger partial charge is 0.244 e. The van der Waals surface area contributed by atoms with E-state index in [0.29, 0.717) is 19.5 Å². The molecule has 2 atom stereocenters. The Balaban J connectivity index is 4.18. The summed E-state index contributed by atoms with van der Waals surface area (Å²) in [5.74, 6) is -0.334.